The van der Waals surface area contributed by atoms with E-state index in [2.05, 4.69) is 54.6 Å². The number of ether oxygens (including phenoxy) is 1. The molecule has 150 valence electrons. The Bertz CT molecular complexity index is 833. The zero-order valence-electron chi connectivity index (χ0n) is 17.1. The number of guanidine groups is 1. The summed E-state index contributed by atoms with van der Waals surface area (Å²) in [4.78, 5) is 15.6. The van der Waals surface area contributed by atoms with Crippen LogP contribution >= 0.6 is 0 Å². The largest absolute Gasteiger partial charge is 0.490 e. The molecule has 28 heavy (non-hydrogen) atoms. The molecule has 0 aliphatic rings. The summed E-state index contributed by atoms with van der Waals surface area (Å²) in [5, 5.41) is 6.56. The molecule has 1 amide bonds. The number of carbonyl (C=O) groups excluding carboxylic acids is 1. The van der Waals surface area contributed by atoms with Crippen molar-refractivity contribution in [3.05, 3.63) is 64.7 Å². The maximum Gasteiger partial charge on any atom is 0.248 e. The van der Waals surface area contributed by atoms with Crippen LogP contribution in [0, 0.1) is 6.92 Å². The highest BCUT2D eigenvalue weighted by molar-refractivity contribution is 5.92. The number of benzene rings is 2. The van der Waals surface area contributed by atoms with E-state index < -0.39 is 5.91 Å². The Morgan fingerprint density at radius 3 is 2.61 bits per heavy atom. The van der Waals surface area contributed by atoms with Crippen LogP contribution in [0.5, 0.6) is 5.75 Å². The van der Waals surface area contributed by atoms with Crippen molar-refractivity contribution in [2.75, 3.05) is 7.05 Å². The van der Waals surface area contributed by atoms with Gasteiger partial charge in [-0.2, -0.15) is 0 Å². The van der Waals surface area contributed by atoms with Crippen molar-refractivity contribution in [3.63, 3.8) is 0 Å². The van der Waals surface area contributed by atoms with E-state index in [1.807, 2.05) is 12.1 Å². The third-order valence-corrected chi connectivity index (χ3v) is 4.47. The van der Waals surface area contributed by atoms with Gasteiger partial charge in [-0.1, -0.05) is 31.2 Å². The maximum atomic E-state index is 11.3. The monoisotopic (exact) mass is 382 g/mol. The zero-order chi connectivity index (χ0) is 20.5. The first-order valence-corrected chi connectivity index (χ1v) is 9.52. The number of hydrogen-bond donors (Lipinski definition) is 3. The number of aryl methyl sites for hydroxylation is 1. The lowest BCUT2D eigenvalue weighted by Gasteiger charge is -2.18. The van der Waals surface area contributed by atoms with Gasteiger partial charge in [0.05, 0.1) is 6.10 Å². The van der Waals surface area contributed by atoms with Gasteiger partial charge in [-0.3, -0.25) is 9.79 Å². The first-order valence-electron chi connectivity index (χ1n) is 9.52. The molecule has 1 unspecified atom stereocenters. The average Bonchev–Trinajstić information content (AvgIpc) is 2.69. The van der Waals surface area contributed by atoms with Gasteiger partial charge in [0.25, 0.3) is 0 Å². The van der Waals surface area contributed by atoms with Crippen LogP contribution in [0.25, 0.3) is 0 Å². The van der Waals surface area contributed by atoms with Crippen LogP contribution in [-0.4, -0.2) is 25.0 Å². The summed E-state index contributed by atoms with van der Waals surface area (Å²) < 4.78 is 6.06. The molecule has 0 fully saturated rings. The molecule has 0 spiro atoms. The number of amides is 1. The number of rotatable bonds is 8. The average molecular weight is 383 g/mol. The lowest BCUT2D eigenvalue weighted by molar-refractivity contribution is 0.1000. The van der Waals surface area contributed by atoms with E-state index in [4.69, 9.17) is 10.5 Å². The van der Waals surface area contributed by atoms with E-state index >= 15 is 0 Å². The topological polar surface area (TPSA) is 88.7 Å². The second-order valence-electron chi connectivity index (χ2n) is 6.79. The first kappa shape index (κ1) is 21.3. The molecule has 2 aromatic rings. The Hall–Kier alpha value is -3.02. The van der Waals surface area contributed by atoms with Gasteiger partial charge in [-0.05, 0) is 49.6 Å². The standard InChI is InChI=1S/C22H30N4O2/c1-5-16(3)28-20-11-15(2)9-10-19(20)14-26-22(24-4)25-13-17-7-6-8-18(12-17)21(23)27/h6-12,16H,5,13-14H2,1-4H3,(H2,23,27)(H2,24,25,26). The molecule has 4 N–H and O–H groups in total. The summed E-state index contributed by atoms with van der Waals surface area (Å²) in [5.74, 6) is 1.13. The fourth-order valence-electron chi connectivity index (χ4n) is 2.64. The van der Waals surface area contributed by atoms with Crippen LogP contribution in [0.4, 0.5) is 0 Å². The number of aliphatic imine (C=N–C) groups is 1. The van der Waals surface area contributed by atoms with Gasteiger partial charge < -0.3 is 21.1 Å². The molecule has 6 heteroatoms. The molecular weight excluding hydrogens is 352 g/mol. The summed E-state index contributed by atoms with van der Waals surface area (Å²) in [6, 6.07) is 13.4. The van der Waals surface area contributed by atoms with Gasteiger partial charge in [0, 0.05) is 31.3 Å². The van der Waals surface area contributed by atoms with Crippen molar-refractivity contribution in [2.24, 2.45) is 10.7 Å². The third-order valence-electron chi connectivity index (χ3n) is 4.47. The molecule has 6 nitrogen and oxygen atoms in total. The zero-order valence-corrected chi connectivity index (χ0v) is 17.1. The number of primary amides is 1. The Morgan fingerprint density at radius 2 is 1.93 bits per heavy atom. The number of nitrogens with zero attached hydrogens (tertiary/aromatic N) is 1. The second-order valence-corrected chi connectivity index (χ2v) is 6.79. The fraction of sp³-hybridized carbons (Fsp3) is 0.364. The normalized spacial score (nSPS) is 12.4. The quantitative estimate of drug-likeness (QED) is 0.483. The predicted molar refractivity (Wildman–Crippen MR) is 114 cm³/mol. The molecule has 0 heterocycles. The molecule has 0 saturated carbocycles. The smallest absolute Gasteiger partial charge is 0.248 e. The molecule has 1 atom stereocenters. The highest BCUT2D eigenvalue weighted by atomic mass is 16.5. The molecule has 0 aliphatic heterocycles. The van der Waals surface area contributed by atoms with Gasteiger partial charge in [0.15, 0.2) is 5.96 Å². The van der Waals surface area contributed by atoms with Crippen LogP contribution in [-0.2, 0) is 13.1 Å². The van der Waals surface area contributed by atoms with Crippen molar-refractivity contribution >= 4 is 11.9 Å². The van der Waals surface area contributed by atoms with Gasteiger partial charge in [0.1, 0.15) is 5.75 Å². The van der Waals surface area contributed by atoms with Crippen molar-refractivity contribution in [1.29, 1.82) is 0 Å². The van der Waals surface area contributed by atoms with Crippen LogP contribution < -0.4 is 21.1 Å². The van der Waals surface area contributed by atoms with Crippen molar-refractivity contribution < 1.29 is 9.53 Å². The van der Waals surface area contributed by atoms with Crippen LogP contribution in [0.15, 0.2) is 47.5 Å². The Kier molecular flexibility index (Phi) is 7.87. The molecule has 2 aromatic carbocycles. The highest BCUT2D eigenvalue weighted by Crippen LogP contribution is 2.22. The lowest BCUT2D eigenvalue weighted by atomic mass is 10.1. The first-order chi connectivity index (χ1) is 13.4. The van der Waals surface area contributed by atoms with Gasteiger partial charge in [0.2, 0.25) is 5.91 Å². The van der Waals surface area contributed by atoms with Crippen LogP contribution in [0.3, 0.4) is 0 Å². The highest BCUT2D eigenvalue weighted by Gasteiger charge is 2.09. The SMILES string of the molecule is CCC(C)Oc1cc(C)ccc1CNC(=NC)NCc1cccc(C(N)=O)c1. The van der Waals surface area contributed by atoms with Crippen molar-refractivity contribution in [3.8, 4) is 5.75 Å². The summed E-state index contributed by atoms with van der Waals surface area (Å²) in [6.45, 7) is 7.36. The summed E-state index contributed by atoms with van der Waals surface area (Å²) in [7, 11) is 1.72. The van der Waals surface area contributed by atoms with Gasteiger partial charge in [-0.15, -0.1) is 0 Å². The van der Waals surface area contributed by atoms with Crippen LogP contribution in [0.1, 0.15) is 47.3 Å². The van der Waals surface area contributed by atoms with E-state index in [-0.39, 0.29) is 6.10 Å². The Labute approximate surface area is 167 Å². The van der Waals surface area contributed by atoms with E-state index in [0.29, 0.717) is 24.6 Å². The lowest BCUT2D eigenvalue weighted by Crippen LogP contribution is -2.36. The van der Waals surface area contributed by atoms with Gasteiger partial charge >= 0.3 is 0 Å². The minimum Gasteiger partial charge on any atom is -0.490 e. The molecule has 0 aliphatic carbocycles. The number of nitrogens with two attached hydrogens (primary N) is 1. The minimum absolute atomic E-state index is 0.163. The predicted octanol–water partition coefficient (Wildman–Crippen LogP) is 3.14. The second kappa shape index (κ2) is 10.3. The maximum absolute atomic E-state index is 11.3. The summed E-state index contributed by atoms with van der Waals surface area (Å²) >= 11 is 0. The Balaban J connectivity index is 1.99. The fourth-order valence-corrected chi connectivity index (χ4v) is 2.64. The van der Waals surface area contributed by atoms with Crippen molar-refractivity contribution in [2.45, 2.75) is 46.4 Å². The van der Waals surface area contributed by atoms with Crippen molar-refractivity contribution in [1.82, 2.24) is 10.6 Å². The molecule has 0 bridgehead atoms. The Morgan fingerprint density at radius 1 is 1.18 bits per heavy atom. The van der Waals surface area contributed by atoms with E-state index in [1.54, 1.807) is 19.2 Å². The number of nitrogens with one attached hydrogen (secondary N) is 2. The van der Waals surface area contributed by atoms with Gasteiger partial charge in [-0.25, -0.2) is 0 Å². The molecular formula is C22H30N4O2. The van der Waals surface area contributed by atoms with Crippen LogP contribution in [0.2, 0.25) is 0 Å². The summed E-state index contributed by atoms with van der Waals surface area (Å²) in [5.41, 5.74) is 9.03. The molecule has 0 radical (unpaired) electrons. The molecule has 2 rings (SSSR count). The minimum atomic E-state index is -0.433. The van der Waals surface area contributed by atoms with E-state index in [0.717, 1.165) is 23.3 Å². The van der Waals surface area contributed by atoms with E-state index in [1.165, 1.54) is 5.56 Å². The number of hydrogen-bond acceptors (Lipinski definition) is 3. The van der Waals surface area contributed by atoms with E-state index in [9.17, 15) is 4.79 Å². The summed E-state index contributed by atoms with van der Waals surface area (Å²) in [6.07, 6.45) is 1.12. The molecule has 0 saturated heterocycles. The number of carbonyl (C=O) groups is 1. The third kappa shape index (κ3) is 6.30. The molecule has 0 aromatic heterocycles.